The first-order valence-electron chi connectivity index (χ1n) is 10.1. The van der Waals surface area contributed by atoms with E-state index in [9.17, 15) is 26.4 Å². The molecule has 0 bridgehead atoms. The molecule has 178 valence electrons. The molecule has 1 fully saturated rings. The third kappa shape index (κ3) is 5.52. The smallest absolute Gasteiger partial charge is 0.257 e. The highest BCUT2D eigenvalue weighted by atomic mass is 32.2. The molecule has 2 aromatic carbocycles. The third-order valence-corrected chi connectivity index (χ3v) is 8.52. The Bertz CT molecular complexity index is 1250. The molecule has 1 heterocycles. The number of hydrogen-bond donors (Lipinski definition) is 1. The second kappa shape index (κ2) is 9.49. The molecule has 12 heteroatoms. The van der Waals surface area contributed by atoms with Crippen molar-refractivity contribution < 1.29 is 26.4 Å². The largest absolute Gasteiger partial charge is 0.340 e. The topological polar surface area (TPSA) is 124 Å². The van der Waals surface area contributed by atoms with Gasteiger partial charge in [-0.1, -0.05) is 12.1 Å². The van der Waals surface area contributed by atoms with Crippen LogP contribution in [0, 0.1) is 0 Å². The van der Waals surface area contributed by atoms with Gasteiger partial charge in [0, 0.05) is 45.8 Å². The molecule has 0 radical (unpaired) electrons. The van der Waals surface area contributed by atoms with Crippen LogP contribution in [0.1, 0.15) is 17.3 Å². The quantitative estimate of drug-likeness (QED) is 0.643. The minimum absolute atomic E-state index is 0.0778. The number of amides is 2. The van der Waals surface area contributed by atoms with Crippen molar-refractivity contribution in [3.8, 4) is 0 Å². The van der Waals surface area contributed by atoms with Crippen LogP contribution in [0.5, 0.6) is 0 Å². The normalized spacial score (nSPS) is 15.2. The van der Waals surface area contributed by atoms with Crippen molar-refractivity contribution in [3.63, 3.8) is 0 Å². The molecule has 0 aliphatic carbocycles. The molecule has 1 aliphatic heterocycles. The number of carbonyl (C=O) groups is 2. The monoisotopic (exact) mass is 494 g/mol. The van der Waals surface area contributed by atoms with Crippen molar-refractivity contribution in [1.82, 2.24) is 9.21 Å². The molecule has 0 atom stereocenters. The number of carbonyl (C=O) groups excluding carboxylic acids is 2. The van der Waals surface area contributed by atoms with Crippen LogP contribution < -0.4 is 9.62 Å². The van der Waals surface area contributed by atoms with Crippen LogP contribution in [0.3, 0.4) is 0 Å². The summed E-state index contributed by atoms with van der Waals surface area (Å²) in [5.74, 6) is -0.617. The van der Waals surface area contributed by atoms with Gasteiger partial charge in [-0.3, -0.25) is 13.9 Å². The summed E-state index contributed by atoms with van der Waals surface area (Å²) in [5.41, 5.74) is 0.740. The summed E-state index contributed by atoms with van der Waals surface area (Å²) in [6.07, 6.45) is 1.04. The van der Waals surface area contributed by atoms with Gasteiger partial charge >= 0.3 is 0 Å². The number of nitrogens with zero attached hydrogens (tertiary/aromatic N) is 3. The van der Waals surface area contributed by atoms with E-state index in [0.29, 0.717) is 18.8 Å². The second-order valence-corrected chi connectivity index (χ2v) is 11.6. The number of para-hydroxylation sites is 1. The van der Waals surface area contributed by atoms with Gasteiger partial charge < -0.3 is 10.2 Å². The Morgan fingerprint density at radius 3 is 2.03 bits per heavy atom. The molecule has 1 saturated heterocycles. The molecule has 3 rings (SSSR count). The summed E-state index contributed by atoms with van der Waals surface area (Å²) in [6.45, 7) is 2.55. The molecule has 0 aromatic heterocycles. The van der Waals surface area contributed by atoms with Gasteiger partial charge in [0.2, 0.25) is 26.0 Å². The minimum Gasteiger partial charge on any atom is -0.340 e. The first-order chi connectivity index (χ1) is 15.4. The van der Waals surface area contributed by atoms with Gasteiger partial charge in [0.1, 0.15) is 0 Å². The zero-order valence-electron chi connectivity index (χ0n) is 18.6. The highest BCUT2D eigenvalue weighted by molar-refractivity contribution is 7.92. The molecule has 1 aliphatic rings. The fraction of sp³-hybridized carbons (Fsp3) is 0.333. The number of anilines is 2. The second-order valence-electron chi connectivity index (χ2n) is 7.64. The summed E-state index contributed by atoms with van der Waals surface area (Å²) in [4.78, 5) is 25.9. The molecule has 10 nitrogen and oxygen atoms in total. The maximum absolute atomic E-state index is 12.9. The lowest BCUT2D eigenvalue weighted by Gasteiger charge is -2.33. The van der Waals surface area contributed by atoms with Crippen molar-refractivity contribution in [3.05, 3.63) is 54.1 Å². The van der Waals surface area contributed by atoms with Crippen LogP contribution in [0.2, 0.25) is 0 Å². The zero-order chi connectivity index (χ0) is 24.4. The summed E-state index contributed by atoms with van der Waals surface area (Å²) >= 11 is 0. The summed E-state index contributed by atoms with van der Waals surface area (Å²) in [5, 5.41) is 2.67. The number of rotatable bonds is 6. The van der Waals surface area contributed by atoms with E-state index in [-0.39, 0.29) is 35.1 Å². The average molecular weight is 495 g/mol. The molecular formula is C21H26N4O6S2. The van der Waals surface area contributed by atoms with E-state index in [4.69, 9.17) is 0 Å². The van der Waals surface area contributed by atoms with Crippen LogP contribution in [-0.4, -0.2) is 77.3 Å². The van der Waals surface area contributed by atoms with E-state index in [1.165, 1.54) is 54.7 Å². The van der Waals surface area contributed by atoms with Crippen molar-refractivity contribution >= 4 is 43.2 Å². The Morgan fingerprint density at radius 1 is 0.909 bits per heavy atom. The van der Waals surface area contributed by atoms with Gasteiger partial charge in [-0.25, -0.2) is 16.8 Å². The van der Waals surface area contributed by atoms with Crippen molar-refractivity contribution in [2.24, 2.45) is 0 Å². The molecule has 0 saturated carbocycles. The predicted octanol–water partition coefficient (Wildman–Crippen LogP) is 1.19. The Labute approximate surface area is 193 Å². The Morgan fingerprint density at radius 2 is 1.48 bits per heavy atom. The maximum Gasteiger partial charge on any atom is 0.257 e. The summed E-state index contributed by atoms with van der Waals surface area (Å²) in [7, 11) is -5.94. The van der Waals surface area contributed by atoms with Crippen LogP contribution >= 0.6 is 0 Å². The van der Waals surface area contributed by atoms with Gasteiger partial charge in [-0.15, -0.1) is 0 Å². The first-order valence-corrected chi connectivity index (χ1v) is 13.4. The van der Waals surface area contributed by atoms with Crippen LogP contribution in [0.15, 0.2) is 53.4 Å². The third-order valence-electron chi connectivity index (χ3n) is 5.42. The molecule has 33 heavy (non-hydrogen) atoms. The summed E-state index contributed by atoms with van der Waals surface area (Å²) in [6, 6.07) is 12.0. The highest BCUT2D eigenvalue weighted by Crippen LogP contribution is 2.24. The fourth-order valence-corrected chi connectivity index (χ4v) is 5.36. The Balaban J connectivity index is 1.74. The Hall–Kier alpha value is -2.96. The van der Waals surface area contributed by atoms with Gasteiger partial charge in [0.15, 0.2) is 0 Å². The van der Waals surface area contributed by atoms with E-state index in [0.717, 1.165) is 10.6 Å². The van der Waals surface area contributed by atoms with E-state index in [2.05, 4.69) is 5.32 Å². The van der Waals surface area contributed by atoms with Crippen molar-refractivity contribution in [2.45, 2.75) is 11.8 Å². The van der Waals surface area contributed by atoms with Crippen LogP contribution in [0.4, 0.5) is 11.4 Å². The lowest BCUT2D eigenvalue weighted by Crippen LogP contribution is -2.49. The number of benzene rings is 2. The van der Waals surface area contributed by atoms with E-state index in [1.807, 2.05) is 0 Å². The lowest BCUT2D eigenvalue weighted by molar-refractivity contribution is -0.129. The SMILES string of the molecule is CC(=O)N1CCN(S(=O)(=O)c2ccc(NC(=O)c3ccccc3N(C)S(C)(=O)=O)cc2)CC1. The molecule has 2 amide bonds. The van der Waals surface area contributed by atoms with Crippen molar-refractivity contribution in [2.75, 3.05) is 49.1 Å². The number of sulfonamides is 2. The number of nitrogens with one attached hydrogen (secondary N) is 1. The molecule has 1 N–H and O–H groups in total. The first kappa shape index (κ1) is 24.7. The molecule has 2 aromatic rings. The van der Waals surface area contributed by atoms with Crippen LogP contribution in [-0.2, 0) is 24.8 Å². The van der Waals surface area contributed by atoms with Gasteiger partial charge in [-0.05, 0) is 36.4 Å². The number of hydrogen-bond acceptors (Lipinski definition) is 6. The highest BCUT2D eigenvalue weighted by Gasteiger charge is 2.29. The Kier molecular flexibility index (Phi) is 7.10. The number of piperazine rings is 1. The van der Waals surface area contributed by atoms with Gasteiger partial charge in [0.05, 0.1) is 22.4 Å². The van der Waals surface area contributed by atoms with Crippen LogP contribution in [0.25, 0.3) is 0 Å². The fourth-order valence-electron chi connectivity index (χ4n) is 3.42. The van der Waals surface area contributed by atoms with E-state index < -0.39 is 26.0 Å². The lowest BCUT2D eigenvalue weighted by atomic mass is 10.1. The predicted molar refractivity (Wildman–Crippen MR) is 125 cm³/mol. The van der Waals surface area contributed by atoms with Gasteiger partial charge in [-0.2, -0.15) is 4.31 Å². The van der Waals surface area contributed by atoms with Gasteiger partial charge in [0.25, 0.3) is 5.91 Å². The van der Waals surface area contributed by atoms with E-state index in [1.54, 1.807) is 17.0 Å². The van der Waals surface area contributed by atoms with Crippen molar-refractivity contribution in [1.29, 1.82) is 0 Å². The average Bonchev–Trinajstić information content (AvgIpc) is 2.78. The minimum atomic E-state index is -3.73. The van der Waals surface area contributed by atoms with E-state index >= 15 is 0 Å². The zero-order valence-corrected chi connectivity index (χ0v) is 20.2. The molecular weight excluding hydrogens is 468 g/mol. The maximum atomic E-state index is 12.9. The molecule has 0 spiro atoms. The standard InChI is InChI=1S/C21H26N4O6S2/c1-16(26)24-12-14-25(15-13-24)33(30,31)18-10-8-17(9-11-18)22-21(27)19-6-4-5-7-20(19)23(2)32(3,28)29/h4-11H,12-15H2,1-3H3,(H,22,27). The summed E-state index contributed by atoms with van der Waals surface area (Å²) < 4.78 is 51.9. The molecule has 0 unspecified atom stereocenters.